The predicted octanol–water partition coefficient (Wildman–Crippen LogP) is 3.58. The maximum Gasteiger partial charge on any atom is 0.191 e. The van der Waals surface area contributed by atoms with Crippen molar-refractivity contribution < 1.29 is 4.74 Å². The van der Waals surface area contributed by atoms with Crippen LogP contribution in [0, 0.1) is 11.3 Å². The Kier molecular flexibility index (Phi) is 11.2. The van der Waals surface area contributed by atoms with E-state index in [4.69, 9.17) is 10.00 Å². The molecule has 0 spiro atoms. The topological polar surface area (TPSA) is 69.4 Å². The minimum absolute atomic E-state index is 0. The molecule has 0 radical (unpaired) electrons. The van der Waals surface area contributed by atoms with Crippen molar-refractivity contribution in [2.24, 2.45) is 4.99 Å². The molecule has 1 aromatic carbocycles. The number of rotatable bonds is 6. The van der Waals surface area contributed by atoms with Gasteiger partial charge >= 0.3 is 0 Å². The number of aliphatic imine (C=N–C) groups is 1. The maximum atomic E-state index is 8.93. The molecule has 0 aromatic heterocycles. The monoisotopic (exact) mass is 456 g/mol. The van der Waals surface area contributed by atoms with E-state index in [9.17, 15) is 0 Å². The number of nitrogens with zero attached hydrogens (tertiary/aromatic N) is 2. The Balaban J connectivity index is 0.00000312. The van der Waals surface area contributed by atoms with E-state index in [0.29, 0.717) is 24.8 Å². The van der Waals surface area contributed by atoms with Gasteiger partial charge < -0.3 is 15.4 Å². The summed E-state index contributed by atoms with van der Waals surface area (Å²) in [5.41, 5.74) is 1.74. The fourth-order valence-corrected chi connectivity index (χ4v) is 2.96. The Morgan fingerprint density at radius 2 is 2.00 bits per heavy atom. The van der Waals surface area contributed by atoms with Crippen molar-refractivity contribution in [3.8, 4) is 6.07 Å². The molecule has 1 aliphatic carbocycles. The average Bonchev–Trinajstić information content (AvgIpc) is 2.90. The fourth-order valence-electron chi connectivity index (χ4n) is 2.96. The summed E-state index contributed by atoms with van der Waals surface area (Å²) in [6.07, 6.45) is 8.11. The minimum Gasteiger partial charge on any atom is -0.376 e. The highest BCUT2D eigenvalue weighted by molar-refractivity contribution is 14.0. The minimum atomic E-state index is 0. The molecule has 5 nitrogen and oxygen atoms in total. The first-order valence-electron chi connectivity index (χ1n) is 8.87. The van der Waals surface area contributed by atoms with E-state index in [0.717, 1.165) is 18.1 Å². The van der Waals surface area contributed by atoms with E-state index in [1.54, 1.807) is 13.1 Å². The van der Waals surface area contributed by atoms with Crippen molar-refractivity contribution in [1.29, 1.82) is 5.26 Å². The summed E-state index contributed by atoms with van der Waals surface area (Å²) >= 11 is 0. The Hall–Kier alpha value is -1.33. The SMILES string of the molecule is CN=C(NCCOC1CCCCCC1)NCc1cccc(C#N)c1.I. The number of halogens is 1. The Morgan fingerprint density at radius 3 is 2.68 bits per heavy atom. The second kappa shape index (κ2) is 13.0. The van der Waals surface area contributed by atoms with Crippen molar-refractivity contribution in [2.45, 2.75) is 51.2 Å². The van der Waals surface area contributed by atoms with E-state index in [1.165, 1.54) is 38.5 Å². The molecular weight excluding hydrogens is 427 g/mol. The van der Waals surface area contributed by atoms with Crippen molar-refractivity contribution in [1.82, 2.24) is 10.6 Å². The van der Waals surface area contributed by atoms with Crippen LogP contribution >= 0.6 is 24.0 Å². The highest BCUT2D eigenvalue weighted by Crippen LogP contribution is 2.19. The number of hydrogen-bond donors (Lipinski definition) is 2. The molecule has 0 aliphatic heterocycles. The van der Waals surface area contributed by atoms with Gasteiger partial charge in [0, 0.05) is 20.1 Å². The number of nitrogens with one attached hydrogen (secondary N) is 2. The molecule has 1 aromatic rings. The Labute approximate surface area is 168 Å². The van der Waals surface area contributed by atoms with Gasteiger partial charge in [-0.2, -0.15) is 5.26 Å². The Morgan fingerprint density at radius 1 is 1.24 bits per heavy atom. The fraction of sp³-hybridized carbons (Fsp3) is 0.579. The van der Waals surface area contributed by atoms with Crippen LogP contribution in [0.15, 0.2) is 29.3 Å². The second-order valence-electron chi connectivity index (χ2n) is 6.15. The van der Waals surface area contributed by atoms with E-state index >= 15 is 0 Å². The quantitative estimate of drug-likeness (QED) is 0.226. The molecule has 6 heteroatoms. The molecule has 0 bridgehead atoms. The molecule has 2 rings (SSSR count). The Bertz CT molecular complexity index is 563. The molecule has 0 unspecified atom stereocenters. The third-order valence-electron chi connectivity index (χ3n) is 4.29. The molecule has 0 amide bonds. The summed E-state index contributed by atoms with van der Waals surface area (Å²) in [5, 5.41) is 15.5. The summed E-state index contributed by atoms with van der Waals surface area (Å²) in [6, 6.07) is 9.74. The van der Waals surface area contributed by atoms with Crippen LogP contribution < -0.4 is 10.6 Å². The van der Waals surface area contributed by atoms with Gasteiger partial charge in [0.15, 0.2) is 5.96 Å². The van der Waals surface area contributed by atoms with Gasteiger partial charge in [-0.3, -0.25) is 4.99 Å². The first kappa shape index (κ1) is 21.7. The van der Waals surface area contributed by atoms with Crippen LogP contribution in [0.2, 0.25) is 0 Å². The van der Waals surface area contributed by atoms with Crippen LogP contribution in [0.3, 0.4) is 0 Å². The molecule has 0 heterocycles. The van der Waals surface area contributed by atoms with E-state index in [2.05, 4.69) is 21.7 Å². The largest absolute Gasteiger partial charge is 0.376 e. The lowest BCUT2D eigenvalue weighted by atomic mass is 10.1. The molecular formula is C19H29IN4O. The van der Waals surface area contributed by atoms with Crippen molar-refractivity contribution in [3.05, 3.63) is 35.4 Å². The van der Waals surface area contributed by atoms with Gasteiger partial charge in [0.2, 0.25) is 0 Å². The third-order valence-corrected chi connectivity index (χ3v) is 4.29. The molecule has 25 heavy (non-hydrogen) atoms. The highest BCUT2D eigenvalue weighted by Gasteiger charge is 2.12. The van der Waals surface area contributed by atoms with Crippen molar-refractivity contribution in [3.63, 3.8) is 0 Å². The number of guanidine groups is 1. The normalized spacial score (nSPS) is 15.6. The molecule has 138 valence electrons. The number of ether oxygens (including phenoxy) is 1. The molecule has 1 saturated carbocycles. The lowest BCUT2D eigenvalue weighted by Crippen LogP contribution is -2.38. The van der Waals surface area contributed by atoms with Gasteiger partial charge in [-0.05, 0) is 30.5 Å². The summed E-state index contributed by atoms with van der Waals surface area (Å²) in [6.45, 7) is 2.09. The van der Waals surface area contributed by atoms with Gasteiger partial charge in [0.05, 0.1) is 24.3 Å². The third kappa shape index (κ3) is 8.54. The summed E-state index contributed by atoms with van der Waals surface area (Å²) in [7, 11) is 1.76. The molecule has 1 fully saturated rings. The lowest BCUT2D eigenvalue weighted by molar-refractivity contribution is 0.0468. The number of benzene rings is 1. The van der Waals surface area contributed by atoms with Gasteiger partial charge in [-0.25, -0.2) is 0 Å². The molecule has 0 atom stereocenters. The van der Waals surface area contributed by atoms with E-state index in [1.807, 2.05) is 18.2 Å². The highest BCUT2D eigenvalue weighted by atomic mass is 127. The number of nitriles is 1. The second-order valence-corrected chi connectivity index (χ2v) is 6.15. The number of hydrogen-bond acceptors (Lipinski definition) is 3. The smallest absolute Gasteiger partial charge is 0.191 e. The predicted molar refractivity (Wildman–Crippen MR) is 112 cm³/mol. The first-order chi connectivity index (χ1) is 11.8. The van der Waals surface area contributed by atoms with Gasteiger partial charge in [-0.1, -0.05) is 37.8 Å². The van der Waals surface area contributed by atoms with Crippen LogP contribution in [-0.4, -0.2) is 32.3 Å². The standard InChI is InChI=1S/C19H28N4O.HI/c1-21-19(23-15-17-8-6-7-16(13-17)14-20)22-11-12-24-18-9-4-2-3-5-10-18;/h6-8,13,18H,2-5,9-12,15H2,1H3,(H2,21,22,23);1H. The summed E-state index contributed by atoms with van der Waals surface area (Å²) in [5.74, 6) is 0.752. The van der Waals surface area contributed by atoms with Gasteiger partial charge in [0.1, 0.15) is 0 Å². The van der Waals surface area contributed by atoms with Crippen LogP contribution in [0.5, 0.6) is 0 Å². The zero-order valence-corrected chi connectivity index (χ0v) is 17.3. The van der Waals surface area contributed by atoms with Crippen LogP contribution in [0.1, 0.15) is 49.7 Å². The average molecular weight is 456 g/mol. The first-order valence-corrected chi connectivity index (χ1v) is 8.87. The van der Waals surface area contributed by atoms with Crippen molar-refractivity contribution in [2.75, 3.05) is 20.2 Å². The summed E-state index contributed by atoms with van der Waals surface area (Å²) < 4.78 is 5.97. The van der Waals surface area contributed by atoms with E-state index < -0.39 is 0 Å². The molecule has 0 saturated heterocycles. The summed E-state index contributed by atoms with van der Waals surface area (Å²) in [4.78, 5) is 4.22. The van der Waals surface area contributed by atoms with Gasteiger partial charge in [-0.15, -0.1) is 24.0 Å². The van der Waals surface area contributed by atoms with Crippen LogP contribution in [0.4, 0.5) is 0 Å². The zero-order valence-electron chi connectivity index (χ0n) is 15.0. The lowest BCUT2D eigenvalue weighted by Gasteiger charge is -2.17. The zero-order chi connectivity index (χ0) is 17.0. The molecule has 2 N–H and O–H groups in total. The van der Waals surface area contributed by atoms with Crippen LogP contribution in [0.25, 0.3) is 0 Å². The van der Waals surface area contributed by atoms with Crippen LogP contribution in [-0.2, 0) is 11.3 Å². The van der Waals surface area contributed by atoms with Gasteiger partial charge in [0.25, 0.3) is 0 Å². The van der Waals surface area contributed by atoms with E-state index in [-0.39, 0.29) is 24.0 Å². The maximum absolute atomic E-state index is 8.93. The van der Waals surface area contributed by atoms with Crippen molar-refractivity contribution >= 4 is 29.9 Å². The molecule has 1 aliphatic rings.